The molecule has 6 heteroatoms. The van der Waals surface area contributed by atoms with Gasteiger partial charge < -0.3 is 9.15 Å². The van der Waals surface area contributed by atoms with Crippen LogP contribution in [0.25, 0.3) is 21.5 Å². The zero-order valence-electron chi connectivity index (χ0n) is 11.9. The molecule has 0 amide bonds. The quantitative estimate of drug-likeness (QED) is 0.492. The van der Waals surface area contributed by atoms with E-state index in [1.54, 1.807) is 16.7 Å². The van der Waals surface area contributed by atoms with Gasteiger partial charge in [0.2, 0.25) is 0 Å². The summed E-state index contributed by atoms with van der Waals surface area (Å²) < 4.78 is 10.9. The summed E-state index contributed by atoms with van der Waals surface area (Å²) in [6.07, 6.45) is 0. The van der Waals surface area contributed by atoms with Crippen LogP contribution < -0.4 is 0 Å². The fraction of sp³-hybridized carbons (Fsp3) is 0.0588. The molecule has 0 saturated heterocycles. The van der Waals surface area contributed by atoms with E-state index in [1.165, 1.54) is 11.3 Å². The predicted molar refractivity (Wildman–Crippen MR) is 90.8 cm³/mol. The zero-order chi connectivity index (χ0) is 15.6. The highest BCUT2D eigenvalue weighted by Gasteiger charge is 2.14. The van der Waals surface area contributed by atoms with Crippen LogP contribution in [0.4, 0.5) is 0 Å². The minimum Gasteiger partial charge on any atom is -0.457 e. The van der Waals surface area contributed by atoms with Crippen molar-refractivity contribution in [2.75, 3.05) is 0 Å². The molecular weight excluding hydrogens is 330 g/mol. The van der Waals surface area contributed by atoms with Crippen LogP contribution in [0.1, 0.15) is 16.2 Å². The summed E-state index contributed by atoms with van der Waals surface area (Å²) in [6.45, 7) is 0.0961. The molecular formula is C17H11NO3S2. The van der Waals surface area contributed by atoms with Gasteiger partial charge in [-0.3, -0.25) is 0 Å². The second-order valence-electron chi connectivity index (χ2n) is 4.88. The van der Waals surface area contributed by atoms with E-state index < -0.39 is 5.97 Å². The first-order valence-corrected chi connectivity index (χ1v) is 8.74. The van der Waals surface area contributed by atoms with E-state index in [9.17, 15) is 4.79 Å². The summed E-state index contributed by atoms with van der Waals surface area (Å²) in [7, 11) is 0. The largest absolute Gasteiger partial charge is 0.457 e. The predicted octanol–water partition coefficient (Wildman–Crippen LogP) is 4.97. The van der Waals surface area contributed by atoms with Crippen LogP contribution in [0, 0.1) is 0 Å². The van der Waals surface area contributed by atoms with Gasteiger partial charge in [-0.25, -0.2) is 9.78 Å². The standard InChI is InChI=1S/C17H11NO3S2/c19-17(14-10-23-16(18-14)12-5-6-22-9-12)20-8-13-7-11-3-1-2-4-15(11)21-13/h1-7,9-10H,8H2. The first-order valence-electron chi connectivity index (χ1n) is 6.92. The van der Waals surface area contributed by atoms with Crippen molar-refractivity contribution < 1.29 is 13.9 Å². The number of para-hydroxylation sites is 1. The molecule has 0 bridgehead atoms. The molecule has 4 aromatic rings. The number of carbonyl (C=O) groups excluding carboxylic acids is 1. The van der Waals surface area contributed by atoms with Crippen molar-refractivity contribution in [3.05, 3.63) is 64.0 Å². The summed E-state index contributed by atoms with van der Waals surface area (Å²) in [5, 5.41) is 7.51. The summed E-state index contributed by atoms with van der Waals surface area (Å²) in [5.41, 5.74) is 2.13. The number of thiazole rings is 1. The number of furan rings is 1. The van der Waals surface area contributed by atoms with Gasteiger partial charge in [-0.15, -0.1) is 11.3 Å². The lowest BCUT2D eigenvalue weighted by Crippen LogP contribution is -2.05. The first kappa shape index (κ1) is 14.2. The third-order valence-electron chi connectivity index (χ3n) is 3.30. The third-order valence-corrected chi connectivity index (χ3v) is 4.88. The molecule has 0 fully saturated rings. The van der Waals surface area contributed by atoms with Crippen LogP contribution in [-0.2, 0) is 11.3 Å². The smallest absolute Gasteiger partial charge is 0.358 e. The lowest BCUT2D eigenvalue weighted by atomic mass is 10.2. The topological polar surface area (TPSA) is 52.3 Å². The summed E-state index contributed by atoms with van der Waals surface area (Å²) in [6, 6.07) is 11.5. The number of esters is 1. The van der Waals surface area contributed by atoms with Crippen LogP contribution >= 0.6 is 22.7 Å². The van der Waals surface area contributed by atoms with E-state index in [0.29, 0.717) is 11.5 Å². The van der Waals surface area contributed by atoms with Gasteiger partial charge >= 0.3 is 5.97 Å². The van der Waals surface area contributed by atoms with Crippen LogP contribution in [0.5, 0.6) is 0 Å². The van der Waals surface area contributed by atoms with Crippen molar-refractivity contribution in [1.82, 2.24) is 4.98 Å². The van der Waals surface area contributed by atoms with Gasteiger partial charge in [-0.1, -0.05) is 18.2 Å². The van der Waals surface area contributed by atoms with Crippen molar-refractivity contribution in [3.63, 3.8) is 0 Å². The van der Waals surface area contributed by atoms with Gasteiger partial charge in [0.15, 0.2) is 5.69 Å². The molecule has 0 aliphatic rings. The number of thiophene rings is 1. The third kappa shape index (κ3) is 2.91. The number of rotatable bonds is 4. The van der Waals surface area contributed by atoms with E-state index in [2.05, 4.69) is 4.98 Å². The maximum Gasteiger partial charge on any atom is 0.358 e. The normalized spacial score (nSPS) is 11.0. The molecule has 3 aromatic heterocycles. The molecule has 23 heavy (non-hydrogen) atoms. The number of nitrogens with zero attached hydrogens (tertiary/aromatic N) is 1. The van der Waals surface area contributed by atoms with Crippen molar-refractivity contribution >= 4 is 39.6 Å². The molecule has 0 unspecified atom stereocenters. The van der Waals surface area contributed by atoms with Crippen molar-refractivity contribution in [1.29, 1.82) is 0 Å². The van der Waals surface area contributed by atoms with E-state index in [0.717, 1.165) is 21.5 Å². The number of hydrogen-bond acceptors (Lipinski definition) is 6. The Hall–Kier alpha value is -2.44. The average Bonchev–Trinajstić information content (AvgIpc) is 3.31. The van der Waals surface area contributed by atoms with Gasteiger partial charge in [-0.2, -0.15) is 11.3 Å². The number of fused-ring (bicyclic) bond motifs is 1. The Bertz CT molecular complexity index is 920. The van der Waals surface area contributed by atoms with E-state index in [1.807, 2.05) is 47.2 Å². The summed E-state index contributed by atoms with van der Waals surface area (Å²) >= 11 is 3.03. The second kappa shape index (κ2) is 5.98. The van der Waals surface area contributed by atoms with E-state index in [4.69, 9.17) is 9.15 Å². The lowest BCUT2D eigenvalue weighted by Gasteiger charge is -1.99. The van der Waals surface area contributed by atoms with Crippen molar-refractivity contribution in [3.8, 4) is 10.6 Å². The molecule has 0 N–H and O–H groups in total. The molecule has 4 nitrogen and oxygen atoms in total. The number of aromatic nitrogens is 1. The Labute approximate surface area is 140 Å². The molecule has 4 rings (SSSR count). The number of ether oxygens (including phenoxy) is 1. The molecule has 0 radical (unpaired) electrons. The first-order chi connectivity index (χ1) is 11.3. The zero-order valence-corrected chi connectivity index (χ0v) is 13.5. The molecule has 3 heterocycles. The molecule has 0 aliphatic heterocycles. The Morgan fingerprint density at radius 2 is 2.13 bits per heavy atom. The van der Waals surface area contributed by atoms with Gasteiger partial charge in [0.05, 0.1) is 0 Å². The minimum atomic E-state index is -0.441. The Balaban J connectivity index is 1.45. The second-order valence-corrected chi connectivity index (χ2v) is 6.51. The monoisotopic (exact) mass is 341 g/mol. The van der Waals surface area contributed by atoms with Crippen molar-refractivity contribution in [2.45, 2.75) is 6.61 Å². The summed E-state index contributed by atoms with van der Waals surface area (Å²) in [4.78, 5) is 16.4. The van der Waals surface area contributed by atoms with E-state index in [-0.39, 0.29) is 6.61 Å². The fourth-order valence-electron chi connectivity index (χ4n) is 2.20. The van der Waals surface area contributed by atoms with Crippen LogP contribution in [0.3, 0.4) is 0 Å². The van der Waals surface area contributed by atoms with Crippen LogP contribution in [0.2, 0.25) is 0 Å². The van der Waals surface area contributed by atoms with Crippen LogP contribution in [0.15, 0.2) is 57.0 Å². The van der Waals surface area contributed by atoms with Gasteiger partial charge in [0.1, 0.15) is 23.0 Å². The number of hydrogen-bond donors (Lipinski definition) is 0. The SMILES string of the molecule is O=C(OCc1cc2ccccc2o1)c1csc(-c2ccsc2)n1. The minimum absolute atomic E-state index is 0.0961. The maximum absolute atomic E-state index is 12.1. The maximum atomic E-state index is 12.1. The molecule has 0 atom stereocenters. The highest BCUT2D eigenvalue weighted by Crippen LogP contribution is 2.26. The van der Waals surface area contributed by atoms with Crippen LogP contribution in [-0.4, -0.2) is 11.0 Å². The van der Waals surface area contributed by atoms with Gasteiger partial charge in [0, 0.05) is 21.7 Å². The fourth-order valence-corrected chi connectivity index (χ4v) is 3.71. The molecule has 0 aliphatic carbocycles. The molecule has 1 aromatic carbocycles. The van der Waals surface area contributed by atoms with E-state index >= 15 is 0 Å². The van der Waals surface area contributed by atoms with Crippen molar-refractivity contribution in [2.24, 2.45) is 0 Å². The molecule has 114 valence electrons. The molecule has 0 saturated carbocycles. The highest BCUT2D eigenvalue weighted by atomic mass is 32.1. The Morgan fingerprint density at radius 3 is 2.96 bits per heavy atom. The Morgan fingerprint density at radius 1 is 1.22 bits per heavy atom. The average molecular weight is 341 g/mol. The number of carbonyl (C=O) groups is 1. The lowest BCUT2D eigenvalue weighted by molar-refractivity contribution is 0.0441. The van der Waals surface area contributed by atoms with Gasteiger partial charge in [-0.05, 0) is 23.6 Å². The Kier molecular flexibility index (Phi) is 3.69. The highest BCUT2D eigenvalue weighted by molar-refractivity contribution is 7.14. The molecule has 0 spiro atoms. The summed E-state index contributed by atoms with van der Waals surface area (Å²) in [5.74, 6) is 0.177. The van der Waals surface area contributed by atoms with Gasteiger partial charge in [0.25, 0.3) is 0 Å². The number of benzene rings is 1.